The molecule has 1 heterocycles. The number of aryl methyl sites for hydroxylation is 1. The van der Waals surface area contributed by atoms with E-state index in [0.717, 1.165) is 13.0 Å². The third-order valence-electron chi connectivity index (χ3n) is 1.85. The Bertz CT molecular complexity index is 309. The molecular formula is C10H17N3O2. The van der Waals surface area contributed by atoms with Crippen LogP contribution in [0.15, 0.2) is 10.6 Å². The molecule has 15 heavy (non-hydrogen) atoms. The molecular weight excluding hydrogens is 194 g/mol. The third kappa shape index (κ3) is 4.60. The minimum Gasteiger partial charge on any atom is -0.360 e. The summed E-state index contributed by atoms with van der Waals surface area (Å²) in [5.41, 5.74) is 0. The van der Waals surface area contributed by atoms with Crippen molar-refractivity contribution < 1.29 is 9.32 Å². The van der Waals surface area contributed by atoms with Gasteiger partial charge in [0.2, 0.25) is 5.91 Å². The van der Waals surface area contributed by atoms with Gasteiger partial charge in [-0.2, -0.15) is 0 Å². The highest BCUT2D eigenvalue weighted by atomic mass is 16.5. The first-order chi connectivity index (χ1) is 7.22. The van der Waals surface area contributed by atoms with E-state index in [9.17, 15) is 4.79 Å². The number of rotatable bonds is 6. The number of nitrogens with zero attached hydrogens (tertiary/aromatic N) is 1. The van der Waals surface area contributed by atoms with Gasteiger partial charge in [-0.05, 0) is 19.9 Å². The second-order valence-electron chi connectivity index (χ2n) is 3.37. The molecule has 0 aliphatic rings. The Morgan fingerprint density at radius 1 is 1.53 bits per heavy atom. The Balaban J connectivity index is 2.18. The first-order valence-corrected chi connectivity index (χ1v) is 5.16. The second-order valence-corrected chi connectivity index (χ2v) is 3.37. The fourth-order valence-electron chi connectivity index (χ4n) is 1.13. The Hall–Kier alpha value is -1.36. The Morgan fingerprint density at radius 2 is 2.33 bits per heavy atom. The molecule has 1 amide bonds. The van der Waals surface area contributed by atoms with Crippen LogP contribution in [-0.2, 0) is 4.79 Å². The molecule has 0 aromatic carbocycles. The van der Waals surface area contributed by atoms with Gasteiger partial charge >= 0.3 is 0 Å². The number of amides is 1. The molecule has 1 aromatic rings. The van der Waals surface area contributed by atoms with Crippen molar-refractivity contribution in [3.8, 4) is 0 Å². The summed E-state index contributed by atoms with van der Waals surface area (Å²) >= 11 is 0. The predicted octanol–water partition coefficient (Wildman–Crippen LogP) is 1.31. The summed E-state index contributed by atoms with van der Waals surface area (Å²) in [5.74, 6) is 1.12. The first-order valence-electron chi connectivity index (χ1n) is 5.16. The standard InChI is InChI=1S/C10H17N3O2/c1-3-5-11-6-4-10(14)12-9-7-8(2)15-13-9/h7,11H,3-6H2,1-2H3,(H,12,13,14). The fourth-order valence-corrected chi connectivity index (χ4v) is 1.13. The molecule has 84 valence electrons. The average molecular weight is 211 g/mol. The molecule has 0 unspecified atom stereocenters. The SMILES string of the molecule is CCCNCCC(=O)Nc1cc(C)on1. The van der Waals surface area contributed by atoms with E-state index in [1.165, 1.54) is 0 Å². The van der Waals surface area contributed by atoms with Crippen LogP contribution >= 0.6 is 0 Å². The summed E-state index contributed by atoms with van der Waals surface area (Å²) in [7, 11) is 0. The van der Waals surface area contributed by atoms with Crippen LogP contribution in [0.4, 0.5) is 5.82 Å². The van der Waals surface area contributed by atoms with Crippen LogP contribution in [-0.4, -0.2) is 24.2 Å². The lowest BCUT2D eigenvalue weighted by Crippen LogP contribution is -2.22. The lowest BCUT2D eigenvalue weighted by molar-refractivity contribution is -0.116. The van der Waals surface area contributed by atoms with E-state index in [4.69, 9.17) is 4.52 Å². The smallest absolute Gasteiger partial charge is 0.226 e. The van der Waals surface area contributed by atoms with Crippen molar-refractivity contribution in [2.75, 3.05) is 18.4 Å². The van der Waals surface area contributed by atoms with Crippen LogP contribution in [0.1, 0.15) is 25.5 Å². The van der Waals surface area contributed by atoms with Crippen molar-refractivity contribution in [1.82, 2.24) is 10.5 Å². The zero-order valence-corrected chi connectivity index (χ0v) is 9.17. The van der Waals surface area contributed by atoms with E-state index in [0.29, 0.717) is 24.5 Å². The van der Waals surface area contributed by atoms with E-state index in [1.807, 2.05) is 0 Å². The molecule has 0 saturated heterocycles. The van der Waals surface area contributed by atoms with Gasteiger partial charge in [-0.3, -0.25) is 4.79 Å². The zero-order chi connectivity index (χ0) is 11.1. The van der Waals surface area contributed by atoms with Crippen LogP contribution in [0.2, 0.25) is 0 Å². The maximum Gasteiger partial charge on any atom is 0.226 e. The molecule has 0 saturated carbocycles. The van der Waals surface area contributed by atoms with E-state index in [-0.39, 0.29) is 5.91 Å². The largest absolute Gasteiger partial charge is 0.360 e. The molecule has 0 bridgehead atoms. The molecule has 0 spiro atoms. The summed E-state index contributed by atoms with van der Waals surface area (Å²) in [6, 6.07) is 1.69. The Labute approximate surface area is 89.2 Å². The van der Waals surface area contributed by atoms with Gasteiger partial charge in [0.25, 0.3) is 0 Å². The number of nitrogens with one attached hydrogen (secondary N) is 2. The molecule has 2 N–H and O–H groups in total. The van der Waals surface area contributed by atoms with Gasteiger partial charge in [0.1, 0.15) is 5.76 Å². The molecule has 0 atom stereocenters. The molecule has 1 aromatic heterocycles. The van der Waals surface area contributed by atoms with Crippen molar-refractivity contribution in [3.05, 3.63) is 11.8 Å². The molecule has 0 aliphatic heterocycles. The highest BCUT2D eigenvalue weighted by molar-refractivity contribution is 5.89. The van der Waals surface area contributed by atoms with E-state index < -0.39 is 0 Å². The number of hydrogen-bond acceptors (Lipinski definition) is 4. The summed E-state index contributed by atoms with van der Waals surface area (Å²) in [4.78, 5) is 11.4. The lowest BCUT2D eigenvalue weighted by atomic mass is 10.3. The topological polar surface area (TPSA) is 67.2 Å². The minimum absolute atomic E-state index is 0.0492. The highest BCUT2D eigenvalue weighted by Crippen LogP contribution is 2.06. The maximum atomic E-state index is 11.4. The maximum absolute atomic E-state index is 11.4. The molecule has 5 nitrogen and oxygen atoms in total. The second kappa shape index (κ2) is 6.19. The van der Waals surface area contributed by atoms with Crippen LogP contribution in [0.5, 0.6) is 0 Å². The summed E-state index contributed by atoms with van der Waals surface area (Å²) < 4.78 is 4.83. The first kappa shape index (κ1) is 11.7. The number of aromatic nitrogens is 1. The molecule has 0 aliphatic carbocycles. The molecule has 1 rings (SSSR count). The van der Waals surface area contributed by atoms with Gasteiger partial charge < -0.3 is 15.2 Å². The van der Waals surface area contributed by atoms with Crippen molar-refractivity contribution >= 4 is 11.7 Å². The van der Waals surface area contributed by atoms with Gasteiger partial charge in [-0.15, -0.1) is 0 Å². The number of anilines is 1. The highest BCUT2D eigenvalue weighted by Gasteiger charge is 2.04. The van der Waals surface area contributed by atoms with Crippen molar-refractivity contribution in [1.29, 1.82) is 0 Å². The molecule has 0 fully saturated rings. The van der Waals surface area contributed by atoms with E-state index in [2.05, 4.69) is 22.7 Å². The van der Waals surface area contributed by atoms with Crippen LogP contribution in [0, 0.1) is 6.92 Å². The van der Waals surface area contributed by atoms with Crippen molar-refractivity contribution in [2.45, 2.75) is 26.7 Å². The van der Waals surface area contributed by atoms with Gasteiger partial charge in [-0.25, -0.2) is 0 Å². The van der Waals surface area contributed by atoms with Crippen LogP contribution in [0.3, 0.4) is 0 Å². The Morgan fingerprint density at radius 3 is 2.93 bits per heavy atom. The predicted molar refractivity (Wildman–Crippen MR) is 57.6 cm³/mol. The fraction of sp³-hybridized carbons (Fsp3) is 0.600. The van der Waals surface area contributed by atoms with E-state index in [1.54, 1.807) is 13.0 Å². The summed E-state index contributed by atoms with van der Waals surface area (Å²) in [5, 5.41) is 9.48. The molecule has 5 heteroatoms. The number of hydrogen-bond donors (Lipinski definition) is 2. The van der Waals surface area contributed by atoms with Gasteiger partial charge in [-0.1, -0.05) is 12.1 Å². The third-order valence-corrected chi connectivity index (χ3v) is 1.85. The lowest BCUT2D eigenvalue weighted by Gasteiger charge is -2.02. The zero-order valence-electron chi connectivity index (χ0n) is 9.17. The normalized spacial score (nSPS) is 10.3. The van der Waals surface area contributed by atoms with Crippen molar-refractivity contribution in [2.24, 2.45) is 0 Å². The van der Waals surface area contributed by atoms with E-state index >= 15 is 0 Å². The van der Waals surface area contributed by atoms with Gasteiger partial charge in [0, 0.05) is 19.0 Å². The number of carbonyl (C=O) groups excluding carboxylic acids is 1. The summed E-state index contributed by atoms with van der Waals surface area (Å²) in [6.07, 6.45) is 1.52. The summed E-state index contributed by atoms with van der Waals surface area (Å²) in [6.45, 7) is 5.50. The van der Waals surface area contributed by atoms with Crippen molar-refractivity contribution in [3.63, 3.8) is 0 Å². The van der Waals surface area contributed by atoms with Crippen LogP contribution < -0.4 is 10.6 Å². The number of carbonyl (C=O) groups is 1. The monoisotopic (exact) mass is 211 g/mol. The molecule has 0 radical (unpaired) electrons. The van der Waals surface area contributed by atoms with Gasteiger partial charge in [0.05, 0.1) is 0 Å². The average Bonchev–Trinajstić information content (AvgIpc) is 2.59. The quantitative estimate of drug-likeness (QED) is 0.696. The minimum atomic E-state index is -0.0492. The Kier molecular flexibility index (Phi) is 4.83. The van der Waals surface area contributed by atoms with Crippen LogP contribution in [0.25, 0.3) is 0 Å². The van der Waals surface area contributed by atoms with Gasteiger partial charge in [0.15, 0.2) is 5.82 Å².